The predicted molar refractivity (Wildman–Crippen MR) is 72.7 cm³/mol. The Bertz CT molecular complexity index is 364. The lowest BCUT2D eigenvalue weighted by molar-refractivity contribution is -0.184. The van der Waals surface area contributed by atoms with Crippen molar-refractivity contribution in [1.82, 2.24) is 5.32 Å². The molecule has 0 aromatic rings. The van der Waals surface area contributed by atoms with Crippen LogP contribution in [0.3, 0.4) is 0 Å². The van der Waals surface area contributed by atoms with Crippen LogP contribution < -0.4 is 11.1 Å². The molecule has 1 saturated heterocycles. The molecule has 5 nitrogen and oxygen atoms in total. The number of hydrogen-bond acceptors (Lipinski definition) is 4. The molecule has 2 fully saturated rings. The Morgan fingerprint density at radius 3 is 2.37 bits per heavy atom. The average molecular weight is 270 g/mol. The number of amides is 1. The molecule has 1 aliphatic heterocycles. The van der Waals surface area contributed by atoms with Crippen molar-refractivity contribution in [2.24, 2.45) is 11.1 Å². The van der Waals surface area contributed by atoms with E-state index in [1.54, 1.807) is 7.11 Å². The maximum absolute atomic E-state index is 12.4. The van der Waals surface area contributed by atoms with Crippen LogP contribution in [0.5, 0.6) is 0 Å². The molecule has 0 aromatic carbocycles. The van der Waals surface area contributed by atoms with Gasteiger partial charge in [0.2, 0.25) is 5.91 Å². The molecule has 0 spiro atoms. The molecular weight excluding hydrogens is 244 g/mol. The molecule has 2 aliphatic rings. The predicted octanol–water partition coefficient (Wildman–Crippen LogP) is 0.814. The number of nitrogens with two attached hydrogens (primary N) is 1. The summed E-state index contributed by atoms with van der Waals surface area (Å²) in [6.45, 7) is 7.46. The Kier molecular flexibility index (Phi) is 3.66. The van der Waals surface area contributed by atoms with Gasteiger partial charge in [0.1, 0.15) is 0 Å². The summed E-state index contributed by atoms with van der Waals surface area (Å²) in [6.07, 6.45) is 2.01. The molecule has 1 saturated carbocycles. The topological polar surface area (TPSA) is 73.6 Å². The third-order valence-electron chi connectivity index (χ3n) is 5.42. The average Bonchev–Trinajstić information content (AvgIpc) is 2.38. The van der Waals surface area contributed by atoms with E-state index in [1.807, 2.05) is 0 Å². The number of ether oxygens (including phenoxy) is 2. The molecule has 3 N–H and O–H groups in total. The van der Waals surface area contributed by atoms with Crippen LogP contribution in [0.25, 0.3) is 0 Å². The van der Waals surface area contributed by atoms with Crippen molar-refractivity contribution in [3.8, 4) is 0 Å². The van der Waals surface area contributed by atoms with Gasteiger partial charge in [0.05, 0.1) is 11.1 Å². The second-order valence-electron chi connectivity index (χ2n) is 6.66. The first-order valence-electron chi connectivity index (χ1n) is 6.98. The zero-order chi connectivity index (χ0) is 14.3. The standard InChI is InChI=1S/C14H26N2O3/c1-12(2)10(9-13(12,3)18-4)16-11(17)14(15)5-7-19-8-6-14/h10H,5-9,15H2,1-4H3,(H,16,17). The molecular formula is C14H26N2O3. The third kappa shape index (κ3) is 2.28. The Balaban J connectivity index is 1.98. The van der Waals surface area contributed by atoms with Crippen molar-refractivity contribution in [2.75, 3.05) is 20.3 Å². The number of hydrogen-bond donors (Lipinski definition) is 2. The van der Waals surface area contributed by atoms with Crippen LogP contribution in [0.4, 0.5) is 0 Å². The normalized spacial score (nSPS) is 36.4. The van der Waals surface area contributed by atoms with Crippen LogP contribution in [0.2, 0.25) is 0 Å². The molecule has 2 atom stereocenters. The first-order valence-corrected chi connectivity index (χ1v) is 6.98. The summed E-state index contributed by atoms with van der Waals surface area (Å²) >= 11 is 0. The van der Waals surface area contributed by atoms with E-state index < -0.39 is 5.54 Å². The highest BCUT2D eigenvalue weighted by Gasteiger charge is 2.58. The van der Waals surface area contributed by atoms with Gasteiger partial charge in [-0.25, -0.2) is 0 Å². The number of carbonyl (C=O) groups excluding carboxylic acids is 1. The van der Waals surface area contributed by atoms with E-state index >= 15 is 0 Å². The van der Waals surface area contributed by atoms with Gasteiger partial charge >= 0.3 is 0 Å². The fourth-order valence-electron chi connectivity index (χ4n) is 2.99. The summed E-state index contributed by atoms with van der Waals surface area (Å²) in [4.78, 5) is 12.4. The fraction of sp³-hybridized carbons (Fsp3) is 0.929. The zero-order valence-electron chi connectivity index (χ0n) is 12.4. The molecule has 1 heterocycles. The summed E-state index contributed by atoms with van der Waals surface area (Å²) in [5.74, 6) is -0.0490. The molecule has 0 aromatic heterocycles. The van der Waals surface area contributed by atoms with Crippen LogP contribution in [-0.4, -0.2) is 43.4 Å². The van der Waals surface area contributed by atoms with Gasteiger partial charge in [-0.05, 0) is 26.2 Å². The quantitative estimate of drug-likeness (QED) is 0.796. The summed E-state index contributed by atoms with van der Waals surface area (Å²) in [5, 5.41) is 3.11. The van der Waals surface area contributed by atoms with Crippen molar-refractivity contribution < 1.29 is 14.3 Å². The minimum atomic E-state index is -0.770. The number of nitrogens with one attached hydrogen (secondary N) is 1. The first-order chi connectivity index (χ1) is 8.75. The summed E-state index contributed by atoms with van der Waals surface area (Å²) < 4.78 is 10.8. The Morgan fingerprint density at radius 1 is 1.32 bits per heavy atom. The van der Waals surface area contributed by atoms with Gasteiger partial charge in [-0.1, -0.05) is 13.8 Å². The van der Waals surface area contributed by atoms with E-state index in [-0.39, 0.29) is 23.0 Å². The Morgan fingerprint density at radius 2 is 1.89 bits per heavy atom. The summed E-state index contributed by atoms with van der Waals surface area (Å²) in [7, 11) is 1.72. The zero-order valence-corrected chi connectivity index (χ0v) is 12.4. The molecule has 1 amide bonds. The summed E-state index contributed by atoms with van der Waals surface area (Å²) in [5.41, 5.74) is 5.16. The van der Waals surface area contributed by atoms with E-state index in [2.05, 4.69) is 26.1 Å². The number of methoxy groups -OCH3 is 1. The van der Waals surface area contributed by atoms with Crippen molar-refractivity contribution in [3.63, 3.8) is 0 Å². The second-order valence-corrected chi connectivity index (χ2v) is 6.66. The van der Waals surface area contributed by atoms with Crippen molar-refractivity contribution in [3.05, 3.63) is 0 Å². The highest BCUT2D eigenvalue weighted by molar-refractivity contribution is 5.86. The molecule has 0 radical (unpaired) electrons. The highest BCUT2D eigenvalue weighted by atomic mass is 16.5. The Labute approximate surface area is 115 Å². The fourth-order valence-corrected chi connectivity index (χ4v) is 2.99. The van der Waals surface area contributed by atoms with E-state index in [4.69, 9.17) is 15.2 Å². The SMILES string of the molecule is COC1(C)CC(NC(=O)C2(N)CCOCC2)C1(C)C. The lowest BCUT2D eigenvalue weighted by Gasteiger charge is -2.59. The van der Waals surface area contributed by atoms with E-state index in [9.17, 15) is 4.79 Å². The van der Waals surface area contributed by atoms with Gasteiger partial charge in [-0.3, -0.25) is 4.79 Å². The van der Waals surface area contributed by atoms with Crippen molar-refractivity contribution in [1.29, 1.82) is 0 Å². The van der Waals surface area contributed by atoms with Crippen LogP contribution >= 0.6 is 0 Å². The lowest BCUT2D eigenvalue weighted by Crippen LogP contribution is -2.71. The molecule has 0 bridgehead atoms. The Hall–Kier alpha value is -0.650. The van der Waals surface area contributed by atoms with Gasteiger partial charge in [-0.2, -0.15) is 0 Å². The minimum Gasteiger partial charge on any atom is -0.381 e. The van der Waals surface area contributed by atoms with Crippen molar-refractivity contribution >= 4 is 5.91 Å². The number of rotatable bonds is 3. The van der Waals surface area contributed by atoms with E-state index in [0.717, 1.165) is 6.42 Å². The van der Waals surface area contributed by atoms with Crippen LogP contribution in [0.15, 0.2) is 0 Å². The monoisotopic (exact) mass is 270 g/mol. The lowest BCUT2D eigenvalue weighted by atomic mass is 9.55. The molecule has 1 aliphatic carbocycles. The highest BCUT2D eigenvalue weighted by Crippen LogP contribution is 2.51. The van der Waals surface area contributed by atoms with Gasteiger partial charge in [0, 0.05) is 31.8 Å². The maximum atomic E-state index is 12.4. The second kappa shape index (κ2) is 4.72. The van der Waals surface area contributed by atoms with E-state index in [0.29, 0.717) is 26.1 Å². The molecule has 110 valence electrons. The van der Waals surface area contributed by atoms with Gasteiger partial charge in [0.15, 0.2) is 0 Å². The van der Waals surface area contributed by atoms with Gasteiger partial charge < -0.3 is 20.5 Å². The van der Waals surface area contributed by atoms with Crippen LogP contribution in [-0.2, 0) is 14.3 Å². The van der Waals surface area contributed by atoms with Gasteiger partial charge in [-0.15, -0.1) is 0 Å². The molecule has 19 heavy (non-hydrogen) atoms. The van der Waals surface area contributed by atoms with Gasteiger partial charge in [0.25, 0.3) is 0 Å². The molecule has 2 unspecified atom stereocenters. The first kappa shape index (κ1) is 14.8. The minimum absolute atomic E-state index is 0.0490. The molecule has 2 rings (SSSR count). The molecule has 5 heteroatoms. The number of carbonyl (C=O) groups is 1. The van der Waals surface area contributed by atoms with Crippen molar-refractivity contribution in [2.45, 2.75) is 57.2 Å². The van der Waals surface area contributed by atoms with Crippen LogP contribution in [0.1, 0.15) is 40.0 Å². The smallest absolute Gasteiger partial charge is 0.240 e. The van der Waals surface area contributed by atoms with E-state index in [1.165, 1.54) is 0 Å². The third-order valence-corrected chi connectivity index (χ3v) is 5.42. The maximum Gasteiger partial charge on any atom is 0.240 e. The summed E-state index contributed by atoms with van der Waals surface area (Å²) in [6, 6.07) is 0.119. The van der Waals surface area contributed by atoms with Crippen LogP contribution in [0, 0.1) is 5.41 Å². The largest absolute Gasteiger partial charge is 0.381 e.